The summed E-state index contributed by atoms with van der Waals surface area (Å²) < 4.78 is 0. The zero-order chi connectivity index (χ0) is 25.1. The average molecular weight is 480 g/mol. The summed E-state index contributed by atoms with van der Waals surface area (Å²) in [5.41, 5.74) is 0. The molecule has 3 N–H and O–H groups in total. The van der Waals surface area contributed by atoms with Crippen molar-refractivity contribution < 1.29 is 15.0 Å². The topological polar surface area (TPSA) is 69.6 Å². The minimum absolute atomic E-state index is 0.0862. The maximum atomic E-state index is 12.1. The molecule has 0 aliphatic rings. The minimum Gasteiger partial charge on any atom is -0.394 e. The zero-order valence-electron chi connectivity index (χ0n) is 22.6. The molecule has 4 heteroatoms. The Morgan fingerprint density at radius 3 is 1.71 bits per heavy atom. The van der Waals surface area contributed by atoms with E-state index in [0.29, 0.717) is 6.42 Å². The third kappa shape index (κ3) is 22.7. The van der Waals surface area contributed by atoms with Crippen LogP contribution < -0.4 is 5.32 Å². The zero-order valence-corrected chi connectivity index (χ0v) is 22.6. The van der Waals surface area contributed by atoms with E-state index in [1.54, 1.807) is 6.08 Å². The van der Waals surface area contributed by atoms with Gasteiger partial charge in [0.1, 0.15) is 0 Å². The third-order valence-electron chi connectivity index (χ3n) is 6.44. The Kier molecular flexibility index (Phi) is 25.6. The fourth-order valence-corrected chi connectivity index (χ4v) is 4.13. The number of hydrogen-bond donors (Lipinski definition) is 3. The van der Waals surface area contributed by atoms with Crippen LogP contribution in [0, 0.1) is 0 Å². The Hall–Kier alpha value is -1.13. The Morgan fingerprint density at radius 2 is 1.15 bits per heavy atom. The lowest BCUT2D eigenvalue weighted by molar-refractivity contribution is -0.123. The second kappa shape index (κ2) is 26.5. The lowest BCUT2D eigenvalue weighted by Crippen LogP contribution is -2.45. The fraction of sp³-hybridized carbons (Fsp3) is 0.833. The normalized spacial score (nSPS) is 13.6. The first-order valence-electron chi connectivity index (χ1n) is 14.6. The van der Waals surface area contributed by atoms with Crippen LogP contribution in [-0.4, -0.2) is 34.9 Å². The predicted molar refractivity (Wildman–Crippen MR) is 147 cm³/mol. The molecule has 2 unspecified atom stereocenters. The van der Waals surface area contributed by atoms with E-state index in [4.69, 9.17) is 0 Å². The van der Waals surface area contributed by atoms with Gasteiger partial charge >= 0.3 is 0 Å². The van der Waals surface area contributed by atoms with Gasteiger partial charge in [0.05, 0.1) is 18.8 Å². The molecule has 2 atom stereocenters. The molecule has 0 aromatic carbocycles. The molecular weight excluding hydrogens is 422 g/mol. The van der Waals surface area contributed by atoms with Gasteiger partial charge in [-0.25, -0.2) is 0 Å². The quantitative estimate of drug-likeness (QED) is 0.0924. The smallest absolute Gasteiger partial charge is 0.220 e. The van der Waals surface area contributed by atoms with Crippen molar-refractivity contribution >= 4 is 5.91 Å². The Labute approximate surface area is 211 Å². The summed E-state index contributed by atoms with van der Waals surface area (Å²) in [5, 5.41) is 22.6. The van der Waals surface area contributed by atoms with Gasteiger partial charge in [-0.3, -0.25) is 4.79 Å². The van der Waals surface area contributed by atoms with Crippen molar-refractivity contribution in [3.63, 3.8) is 0 Å². The van der Waals surface area contributed by atoms with Gasteiger partial charge in [0.15, 0.2) is 0 Å². The monoisotopic (exact) mass is 479 g/mol. The van der Waals surface area contributed by atoms with Crippen LogP contribution in [0.4, 0.5) is 0 Å². The molecule has 0 spiro atoms. The summed E-state index contributed by atoms with van der Waals surface area (Å²) >= 11 is 0. The van der Waals surface area contributed by atoms with Crippen LogP contribution in [0.25, 0.3) is 0 Å². The molecular formula is C30H57NO3. The van der Waals surface area contributed by atoms with Gasteiger partial charge in [-0.2, -0.15) is 0 Å². The van der Waals surface area contributed by atoms with E-state index in [2.05, 4.69) is 31.3 Å². The number of aliphatic hydroxyl groups excluding tert-OH is 2. The largest absolute Gasteiger partial charge is 0.394 e. The van der Waals surface area contributed by atoms with Crippen LogP contribution in [-0.2, 0) is 4.79 Å². The fourth-order valence-electron chi connectivity index (χ4n) is 4.13. The van der Waals surface area contributed by atoms with Gasteiger partial charge < -0.3 is 15.5 Å². The summed E-state index contributed by atoms with van der Waals surface area (Å²) in [6.07, 6.45) is 31.2. The van der Waals surface area contributed by atoms with E-state index in [-0.39, 0.29) is 12.5 Å². The first kappa shape index (κ1) is 32.9. The van der Waals surface area contributed by atoms with Crippen molar-refractivity contribution in [2.24, 2.45) is 0 Å². The highest BCUT2D eigenvalue weighted by Crippen LogP contribution is 2.12. The molecule has 0 fully saturated rings. The summed E-state index contributed by atoms with van der Waals surface area (Å²) in [6.45, 7) is 4.20. The van der Waals surface area contributed by atoms with Gasteiger partial charge in [0, 0.05) is 6.42 Å². The maximum Gasteiger partial charge on any atom is 0.220 e. The summed E-state index contributed by atoms with van der Waals surface area (Å²) in [7, 11) is 0. The van der Waals surface area contributed by atoms with Crippen LogP contribution in [0.15, 0.2) is 24.3 Å². The van der Waals surface area contributed by atoms with Crippen molar-refractivity contribution in [1.29, 1.82) is 0 Å². The van der Waals surface area contributed by atoms with Crippen LogP contribution in [0.5, 0.6) is 0 Å². The van der Waals surface area contributed by atoms with Crippen LogP contribution in [0.1, 0.15) is 142 Å². The number of carbonyl (C=O) groups is 1. The average Bonchev–Trinajstić information content (AvgIpc) is 2.84. The SMILES string of the molecule is CCCCCCCCCCCC/C=C/CC/C=C/C(O)C(CO)NC(=O)CCCCCCCC. The molecule has 0 aromatic rings. The molecule has 0 aliphatic carbocycles. The molecule has 200 valence electrons. The number of hydrogen-bond acceptors (Lipinski definition) is 3. The Morgan fingerprint density at radius 1 is 0.676 bits per heavy atom. The standard InChI is InChI=1S/C30H57NO3/c1-3-5-7-9-11-12-13-14-15-16-17-18-19-20-21-23-25-29(33)28(27-32)31-30(34)26-24-22-10-8-6-4-2/h18-19,23,25,28-29,32-33H,3-17,20-22,24,26-27H2,1-2H3,(H,31,34)/b19-18+,25-23+. The van der Waals surface area contributed by atoms with Gasteiger partial charge in [0.25, 0.3) is 0 Å². The number of amides is 1. The lowest BCUT2D eigenvalue weighted by atomic mass is 10.1. The number of allylic oxidation sites excluding steroid dienone is 3. The molecule has 0 saturated heterocycles. The van der Waals surface area contributed by atoms with Crippen molar-refractivity contribution in [2.75, 3.05) is 6.61 Å². The van der Waals surface area contributed by atoms with Crippen molar-refractivity contribution in [2.45, 2.75) is 154 Å². The Bertz CT molecular complexity index is 489. The summed E-state index contributed by atoms with van der Waals surface area (Å²) in [6, 6.07) is -0.629. The number of carbonyl (C=O) groups excluding carboxylic acids is 1. The maximum absolute atomic E-state index is 12.1. The summed E-state index contributed by atoms with van der Waals surface area (Å²) in [5.74, 6) is -0.0862. The van der Waals surface area contributed by atoms with Gasteiger partial charge in [-0.05, 0) is 32.1 Å². The van der Waals surface area contributed by atoms with Crippen LogP contribution >= 0.6 is 0 Å². The van der Waals surface area contributed by atoms with E-state index in [1.165, 1.54) is 89.9 Å². The number of unbranched alkanes of at least 4 members (excludes halogenated alkanes) is 16. The summed E-state index contributed by atoms with van der Waals surface area (Å²) in [4.78, 5) is 12.1. The first-order valence-corrected chi connectivity index (χ1v) is 14.6. The molecule has 0 aliphatic heterocycles. The van der Waals surface area contributed by atoms with Crippen molar-refractivity contribution in [3.8, 4) is 0 Å². The molecule has 0 aromatic heterocycles. The van der Waals surface area contributed by atoms with E-state index in [9.17, 15) is 15.0 Å². The van der Waals surface area contributed by atoms with Crippen LogP contribution in [0.3, 0.4) is 0 Å². The highest BCUT2D eigenvalue weighted by atomic mass is 16.3. The predicted octanol–water partition coefficient (Wildman–Crippen LogP) is 7.78. The van der Waals surface area contributed by atoms with Gasteiger partial charge in [0.2, 0.25) is 5.91 Å². The third-order valence-corrected chi connectivity index (χ3v) is 6.44. The van der Waals surface area contributed by atoms with Gasteiger partial charge in [-0.1, -0.05) is 128 Å². The first-order chi connectivity index (χ1) is 16.7. The van der Waals surface area contributed by atoms with Crippen molar-refractivity contribution in [1.82, 2.24) is 5.32 Å². The number of rotatable bonds is 25. The van der Waals surface area contributed by atoms with Crippen LogP contribution in [0.2, 0.25) is 0 Å². The van der Waals surface area contributed by atoms with E-state index < -0.39 is 12.1 Å². The van der Waals surface area contributed by atoms with E-state index in [1.807, 2.05) is 6.08 Å². The second-order valence-electron chi connectivity index (χ2n) is 9.81. The molecule has 4 nitrogen and oxygen atoms in total. The molecule has 0 rings (SSSR count). The van der Waals surface area contributed by atoms with Crippen molar-refractivity contribution in [3.05, 3.63) is 24.3 Å². The second-order valence-corrected chi connectivity index (χ2v) is 9.81. The molecule has 1 amide bonds. The molecule has 0 heterocycles. The van der Waals surface area contributed by atoms with E-state index >= 15 is 0 Å². The molecule has 0 bridgehead atoms. The number of aliphatic hydroxyl groups is 2. The number of nitrogens with one attached hydrogen (secondary N) is 1. The minimum atomic E-state index is -0.853. The van der Waals surface area contributed by atoms with E-state index in [0.717, 1.165) is 32.1 Å². The molecule has 0 saturated carbocycles. The Balaban J connectivity index is 3.71. The van der Waals surface area contributed by atoms with Gasteiger partial charge in [-0.15, -0.1) is 0 Å². The highest BCUT2D eigenvalue weighted by Gasteiger charge is 2.17. The highest BCUT2D eigenvalue weighted by molar-refractivity contribution is 5.76. The molecule has 34 heavy (non-hydrogen) atoms. The lowest BCUT2D eigenvalue weighted by Gasteiger charge is -2.19. The molecule has 0 radical (unpaired) electrons.